The fourth-order valence-electron chi connectivity index (χ4n) is 2.55. The Morgan fingerprint density at radius 3 is 3.05 bits per heavy atom. The molecular weight excluding hydrogens is 250 g/mol. The summed E-state index contributed by atoms with van der Waals surface area (Å²) in [4.78, 5) is 13.2. The first-order chi connectivity index (χ1) is 9.06. The highest BCUT2D eigenvalue weighted by molar-refractivity contribution is 5.67. The molecule has 0 saturated heterocycles. The van der Waals surface area contributed by atoms with E-state index in [1.54, 1.807) is 6.07 Å². The van der Waals surface area contributed by atoms with Gasteiger partial charge in [0.15, 0.2) is 11.5 Å². The second kappa shape index (κ2) is 4.31. The van der Waals surface area contributed by atoms with Crippen molar-refractivity contribution in [3.05, 3.63) is 17.2 Å². The van der Waals surface area contributed by atoms with Gasteiger partial charge in [0.1, 0.15) is 6.10 Å². The van der Waals surface area contributed by atoms with E-state index in [1.807, 2.05) is 11.9 Å². The maximum Gasteiger partial charge on any atom is 0.303 e. The van der Waals surface area contributed by atoms with E-state index in [1.165, 1.54) is 6.92 Å². The van der Waals surface area contributed by atoms with Crippen molar-refractivity contribution in [3.63, 3.8) is 0 Å². The number of nitrogens with zero attached hydrogens (tertiary/aromatic N) is 1. The molecule has 0 aromatic heterocycles. The van der Waals surface area contributed by atoms with Gasteiger partial charge in [-0.3, -0.25) is 9.69 Å². The van der Waals surface area contributed by atoms with Crippen LogP contribution in [0.3, 0.4) is 0 Å². The molecule has 1 N–H and O–H groups in total. The zero-order valence-corrected chi connectivity index (χ0v) is 10.8. The fraction of sp³-hybridized carbons (Fsp3) is 0.462. The molecule has 19 heavy (non-hydrogen) atoms. The molecule has 0 saturated carbocycles. The number of fused-ring (bicyclic) bond motifs is 2. The molecule has 1 unspecified atom stereocenters. The number of phenols is 1. The van der Waals surface area contributed by atoms with Gasteiger partial charge in [-0.05, 0) is 13.1 Å². The molecule has 0 aliphatic carbocycles. The van der Waals surface area contributed by atoms with Gasteiger partial charge >= 0.3 is 5.97 Å². The number of likely N-dealkylation sites (N-methyl/N-ethyl adjacent to an activating group) is 1. The van der Waals surface area contributed by atoms with Crippen molar-refractivity contribution in [1.29, 1.82) is 0 Å². The Balaban J connectivity index is 2.08. The van der Waals surface area contributed by atoms with Gasteiger partial charge in [-0.15, -0.1) is 0 Å². The lowest BCUT2D eigenvalue weighted by Crippen LogP contribution is -2.32. The van der Waals surface area contributed by atoms with E-state index in [4.69, 9.17) is 14.2 Å². The number of aromatic hydroxyl groups is 1. The minimum absolute atomic E-state index is 0.0775. The first kappa shape index (κ1) is 12.1. The first-order valence-corrected chi connectivity index (χ1v) is 6.06. The standard InChI is InChI=1S/C13H15NO5/c1-7(15)19-11-5-14(2)4-9-8(11)3-10-13(12(9)16)18-6-17-10/h3,11,16H,4-6H2,1-2H3. The smallest absolute Gasteiger partial charge is 0.303 e. The van der Waals surface area contributed by atoms with E-state index in [-0.39, 0.29) is 18.5 Å². The first-order valence-electron chi connectivity index (χ1n) is 6.06. The second-order valence-electron chi connectivity index (χ2n) is 4.82. The van der Waals surface area contributed by atoms with Crippen molar-refractivity contribution in [3.8, 4) is 17.2 Å². The van der Waals surface area contributed by atoms with Crippen LogP contribution in [0.5, 0.6) is 17.2 Å². The molecule has 2 aliphatic heterocycles. The molecular formula is C13H15NO5. The number of carbonyl (C=O) groups is 1. The number of esters is 1. The van der Waals surface area contributed by atoms with Crippen LogP contribution in [0, 0.1) is 0 Å². The van der Waals surface area contributed by atoms with Gasteiger partial charge in [0.25, 0.3) is 0 Å². The van der Waals surface area contributed by atoms with Gasteiger partial charge in [0.05, 0.1) is 0 Å². The van der Waals surface area contributed by atoms with Crippen molar-refractivity contribution in [2.45, 2.75) is 19.6 Å². The van der Waals surface area contributed by atoms with E-state index in [2.05, 4.69) is 0 Å². The van der Waals surface area contributed by atoms with Gasteiger partial charge in [0, 0.05) is 31.1 Å². The summed E-state index contributed by atoms with van der Waals surface area (Å²) in [5.74, 6) is 0.602. The predicted octanol–water partition coefficient (Wildman–Crippen LogP) is 1.17. The van der Waals surface area contributed by atoms with Gasteiger partial charge < -0.3 is 19.3 Å². The summed E-state index contributed by atoms with van der Waals surface area (Å²) in [6.45, 7) is 2.64. The molecule has 0 radical (unpaired) electrons. The molecule has 102 valence electrons. The zero-order valence-electron chi connectivity index (χ0n) is 10.8. The molecule has 0 spiro atoms. The van der Waals surface area contributed by atoms with E-state index in [9.17, 15) is 9.90 Å². The largest absolute Gasteiger partial charge is 0.504 e. The predicted molar refractivity (Wildman–Crippen MR) is 65.1 cm³/mol. The number of hydrogen-bond donors (Lipinski definition) is 1. The Hall–Kier alpha value is -1.95. The Bertz CT molecular complexity index is 542. The SMILES string of the molecule is CC(=O)OC1CN(C)Cc2c1cc1c(c2O)OCO1. The van der Waals surface area contributed by atoms with Crippen molar-refractivity contribution in [2.75, 3.05) is 20.4 Å². The number of carbonyl (C=O) groups excluding carboxylic acids is 1. The van der Waals surface area contributed by atoms with Crippen LogP contribution in [0.1, 0.15) is 24.2 Å². The molecule has 1 aromatic rings. The highest BCUT2D eigenvalue weighted by atomic mass is 16.7. The molecule has 0 bridgehead atoms. The lowest BCUT2D eigenvalue weighted by molar-refractivity contribution is -0.148. The summed E-state index contributed by atoms with van der Waals surface area (Å²) in [6.07, 6.45) is -0.397. The lowest BCUT2D eigenvalue weighted by atomic mass is 9.95. The summed E-state index contributed by atoms with van der Waals surface area (Å²) >= 11 is 0. The van der Waals surface area contributed by atoms with Gasteiger partial charge in [-0.25, -0.2) is 0 Å². The van der Waals surface area contributed by atoms with Crippen molar-refractivity contribution >= 4 is 5.97 Å². The number of hydrogen-bond acceptors (Lipinski definition) is 6. The van der Waals surface area contributed by atoms with Crippen LogP contribution in [-0.4, -0.2) is 36.4 Å². The Morgan fingerprint density at radius 2 is 2.32 bits per heavy atom. The third-order valence-electron chi connectivity index (χ3n) is 3.34. The average molecular weight is 265 g/mol. The van der Waals surface area contributed by atoms with Crippen LogP contribution in [0.15, 0.2) is 6.07 Å². The Kier molecular flexibility index (Phi) is 2.74. The molecule has 0 amide bonds. The summed E-state index contributed by atoms with van der Waals surface area (Å²) in [7, 11) is 1.91. The maximum absolute atomic E-state index is 11.2. The van der Waals surface area contributed by atoms with E-state index < -0.39 is 6.10 Å². The van der Waals surface area contributed by atoms with Crippen LogP contribution in [0.2, 0.25) is 0 Å². The van der Waals surface area contributed by atoms with Crippen LogP contribution in [0.25, 0.3) is 0 Å². The summed E-state index contributed by atoms with van der Waals surface area (Å²) in [6, 6.07) is 1.79. The van der Waals surface area contributed by atoms with E-state index in [0.717, 1.165) is 11.1 Å². The summed E-state index contributed by atoms with van der Waals surface area (Å²) in [5, 5.41) is 10.3. The highest BCUT2D eigenvalue weighted by Gasteiger charge is 2.33. The minimum Gasteiger partial charge on any atom is -0.504 e. The highest BCUT2D eigenvalue weighted by Crippen LogP contribution is 2.47. The number of rotatable bonds is 1. The number of benzene rings is 1. The molecule has 2 heterocycles. The number of ether oxygens (including phenoxy) is 3. The van der Waals surface area contributed by atoms with Crippen molar-refractivity contribution < 1.29 is 24.1 Å². The zero-order chi connectivity index (χ0) is 13.6. The van der Waals surface area contributed by atoms with Crippen LogP contribution >= 0.6 is 0 Å². The summed E-state index contributed by atoms with van der Waals surface area (Å²) in [5.41, 5.74) is 1.51. The Morgan fingerprint density at radius 1 is 1.53 bits per heavy atom. The lowest BCUT2D eigenvalue weighted by Gasteiger charge is -2.32. The minimum atomic E-state index is -0.397. The third-order valence-corrected chi connectivity index (χ3v) is 3.34. The molecule has 6 heteroatoms. The summed E-state index contributed by atoms with van der Waals surface area (Å²) < 4.78 is 15.9. The van der Waals surface area contributed by atoms with E-state index in [0.29, 0.717) is 24.6 Å². The van der Waals surface area contributed by atoms with Crippen molar-refractivity contribution in [1.82, 2.24) is 4.90 Å². The average Bonchev–Trinajstić information content (AvgIpc) is 2.78. The Labute approximate surface area is 110 Å². The van der Waals surface area contributed by atoms with Gasteiger partial charge in [-0.2, -0.15) is 0 Å². The number of phenolic OH excluding ortho intramolecular Hbond substituents is 1. The maximum atomic E-state index is 11.2. The second-order valence-corrected chi connectivity index (χ2v) is 4.82. The molecule has 1 aromatic carbocycles. The third kappa shape index (κ3) is 1.98. The quantitative estimate of drug-likeness (QED) is 0.769. The van der Waals surface area contributed by atoms with E-state index >= 15 is 0 Å². The molecule has 3 rings (SSSR count). The molecule has 2 aliphatic rings. The monoisotopic (exact) mass is 265 g/mol. The molecule has 6 nitrogen and oxygen atoms in total. The fourth-order valence-corrected chi connectivity index (χ4v) is 2.55. The molecule has 0 fully saturated rings. The van der Waals surface area contributed by atoms with Crippen LogP contribution in [-0.2, 0) is 16.1 Å². The van der Waals surface area contributed by atoms with Gasteiger partial charge in [-0.1, -0.05) is 0 Å². The van der Waals surface area contributed by atoms with Gasteiger partial charge in [0.2, 0.25) is 12.5 Å². The molecule has 1 atom stereocenters. The normalized spacial score (nSPS) is 21.1. The topological polar surface area (TPSA) is 68.2 Å². The van der Waals surface area contributed by atoms with Crippen LogP contribution in [0.4, 0.5) is 0 Å². The van der Waals surface area contributed by atoms with Crippen LogP contribution < -0.4 is 9.47 Å². The van der Waals surface area contributed by atoms with Crippen molar-refractivity contribution in [2.24, 2.45) is 0 Å².